The largest absolute Gasteiger partial charge is 0.398 e. The van der Waals surface area contributed by atoms with E-state index in [4.69, 9.17) is 5.73 Å². The van der Waals surface area contributed by atoms with E-state index in [9.17, 15) is 4.39 Å². The molecule has 0 unspecified atom stereocenters. The molecular formula is C14H11BrFN5. The molecule has 0 aliphatic rings. The third-order valence-electron chi connectivity index (χ3n) is 3.16. The zero-order valence-corrected chi connectivity index (χ0v) is 12.7. The number of aromatic nitrogens is 4. The third-order valence-corrected chi connectivity index (χ3v) is 3.66. The summed E-state index contributed by atoms with van der Waals surface area (Å²) < 4.78 is 16.3. The van der Waals surface area contributed by atoms with Crippen LogP contribution in [0.5, 0.6) is 0 Å². The van der Waals surface area contributed by atoms with Gasteiger partial charge in [-0.25, -0.2) is 4.39 Å². The first-order valence-corrected chi connectivity index (χ1v) is 6.96. The molecule has 0 bridgehead atoms. The summed E-state index contributed by atoms with van der Waals surface area (Å²) in [5.74, 6) is 0.0486. The van der Waals surface area contributed by atoms with E-state index >= 15 is 0 Å². The summed E-state index contributed by atoms with van der Waals surface area (Å²) in [7, 11) is 0. The van der Waals surface area contributed by atoms with Gasteiger partial charge in [0, 0.05) is 21.3 Å². The molecule has 0 spiro atoms. The van der Waals surface area contributed by atoms with Crippen molar-refractivity contribution < 1.29 is 4.39 Å². The van der Waals surface area contributed by atoms with Crippen LogP contribution in [-0.4, -0.2) is 20.2 Å². The molecule has 3 rings (SSSR count). The average Bonchev–Trinajstić information content (AvgIpc) is 2.93. The summed E-state index contributed by atoms with van der Waals surface area (Å²) in [5.41, 5.74) is 7.90. The van der Waals surface area contributed by atoms with Gasteiger partial charge in [0.25, 0.3) is 0 Å². The van der Waals surface area contributed by atoms with Crippen molar-refractivity contribution in [3.63, 3.8) is 0 Å². The number of nitrogens with zero attached hydrogens (tertiary/aromatic N) is 4. The topological polar surface area (TPSA) is 69.6 Å². The molecule has 106 valence electrons. The second-order valence-corrected chi connectivity index (χ2v) is 5.48. The SMILES string of the molecule is Cc1c(N)cc(-c2nnnn2-c2cccc(Br)c2)cc1F. The van der Waals surface area contributed by atoms with Gasteiger partial charge in [0.05, 0.1) is 5.69 Å². The lowest BCUT2D eigenvalue weighted by molar-refractivity contribution is 0.619. The molecule has 0 atom stereocenters. The summed E-state index contributed by atoms with van der Waals surface area (Å²) in [4.78, 5) is 0. The second kappa shape index (κ2) is 5.25. The van der Waals surface area contributed by atoms with Gasteiger partial charge in [0.1, 0.15) is 5.82 Å². The van der Waals surface area contributed by atoms with Crippen LogP contribution >= 0.6 is 15.9 Å². The summed E-state index contributed by atoms with van der Waals surface area (Å²) >= 11 is 3.40. The van der Waals surface area contributed by atoms with Crippen LogP contribution in [0.2, 0.25) is 0 Å². The third kappa shape index (κ3) is 2.52. The first-order valence-electron chi connectivity index (χ1n) is 6.16. The fourth-order valence-corrected chi connectivity index (χ4v) is 2.37. The van der Waals surface area contributed by atoms with Crippen molar-refractivity contribution in [2.75, 3.05) is 5.73 Å². The van der Waals surface area contributed by atoms with Gasteiger partial charge in [-0.15, -0.1) is 5.10 Å². The van der Waals surface area contributed by atoms with Crippen LogP contribution in [0.25, 0.3) is 17.1 Å². The average molecular weight is 348 g/mol. The first kappa shape index (κ1) is 13.7. The van der Waals surface area contributed by atoms with Crippen molar-refractivity contribution in [2.45, 2.75) is 6.92 Å². The van der Waals surface area contributed by atoms with E-state index in [1.807, 2.05) is 24.3 Å². The van der Waals surface area contributed by atoms with E-state index < -0.39 is 0 Å². The number of anilines is 1. The van der Waals surface area contributed by atoms with Crippen LogP contribution in [0.15, 0.2) is 40.9 Å². The van der Waals surface area contributed by atoms with Crippen molar-refractivity contribution in [3.8, 4) is 17.1 Å². The number of nitrogens with two attached hydrogens (primary N) is 1. The lowest BCUT2D eigenvalue weighted by Gasteiger charge is -2.08. The Labute approximate surface area is 128 Å². The van der Waals surface area contributed by atoms with E-state index in [0.717, 1.165) is 10.2 Å². The molecule has 7 heteroatoms. The molecule has 0 fully saturated rings. The molecule has 21 heavy (non-hydrogen) atoms. The maximum absolute atomic E-state index is 13.9. The Morgan fingerprint density at radius 2 is 2.05 bits per heavy atom. The fraction of sp³-hybridized carbons (Fsp3) is 0.0714. The summed E-state index contributed by atoms with van der Waals surface area (Å²) in [6.07, 6.45) is 0. The lowest BCUT2D eigenvalue weighted by atomic mass is 10.1. The minimum absolute atomic E-state index is 0.369. The van der Waals surface area contributed by atoms with Gasteiger partial charge in [-0.05, 0) is 47.7 Å². The minimum atomic E-state index is -0.381. The summed E-state index contributed by atoms with van der Waals surface area (Å²) in [6.45, 7) is 1.63. The zero-order chi connectivity index (χ0) is 15.0. The maximum atomic E-state index is 13.9. The van der Waals surface area contributed by atoms with Crippen LogP contribution in [0.4, 0.5) is 10.1 Å². The fourth-order valence-electron chi connectivity index (χ4n) is 1.98. The molecule has 0 saturated carbocycles. The number of rotatable bonds is 2. The predicted octanol–water partition coefficient (Wildman–Crippen LogP) is 3.12. The first-order chi connectivity index (χ1) is 10.1. The summed E-state index contributed by atoms with van der Waals surface area (Å²) in [5, 5.41) is 11.6. The van der Waals surface area contributed by atoms with Crippen LogP contribution < -0.4 is 5.73 Å². The number of hydrogen-bond acceptors (Lipinski definition) is 4. The van der Waals surface area contributed by atoms with Crippen molar-refractivity contribution >= 4 is 21.6 Å². The number of tetrazole rings is 1. The van der Waals surface area contributed by atoms with Crippen LogP contribution in [0, 0.1) is 12.7 Å². The molecule has 5 nitrogen and oxygen atoms in total. The van der Waals surface area contributed by atoms with E-state index in [1.165, 1.54) is 10.7 Å². The van der Waals surface area contributed by atoms with E-state index in [1.54, 1.807) is 13.0 Å². The normalized spacial score (nSPS) is 10.8. The number of hydrogen-bond donors (Lipinski definition) is 1. The molecule has 0 radical (unpaired) electrons. The van der Waals surface area contributed by atoms with E-state index in [-0.39, 0.29) is 5.82 Å². The highest BCUT2D eigenvalue weighted by Gasteiger charge is 2.14. The Morgan fingerprint density at radius 3 is 2.76 bits per heavy atom. The Hall–Kier alpha value is -2.28. The standard InChI is InChI=1S/C14H11BrFN5/c1-8-12(16)5-9(6-13(8)17)14-18-19-20-21(14)11-4-2-3-10(15)7-11/h2-7H,17H2,1H3. The molecule has 1 aromatic heterocycles. The Bertz CT molecular complexity index is 792. The van der Waals surface area contributed by atoms with E-state index in [2.05, 4.69) is 31.5 Å². The maximum Gasteiger partial charge on any atom is 0.187 e. The van der Waals surface area contributed by atoms with Gasteiger partial charge in [0.15, 0.2) is 5.82 Å². The van der Waals surface area contributed by atoms with Crippen molar-refractivity contribution in [1.82, 2.24) is 20.2 Å². The van der Waals surface area contributed by atoms with Crippen LogP contribution in [0.3, 0.4) is 0 Å². The monoisotopic (exact) mass is 347 g/mol. The Morgan fingerprint density at radius 1 is 1.24 bits per heavy atom. The van der Waals surface area contributed by atoms with E-state index in [0.29, 0.717) is 22.6 Å². The van der Waals surface area contributed by atoms with Crippen molar-refractivity contribution in [3.05, 3.63) is 52.3 Å². The molecule has 3 aromatic rings. The Balaban J connectivity index is 2.16. The lowest BCUT2D eigenvalue weighted by Crippen LogP contribution is -2.01. The minimum Gasteiger partial charge on any atom is -0.398 e. The smallest absolute Gasteiger partial charge is 0.187 e. The van der Waals surface area contributed by atoms with Crippen molar-refractivity contribution in [1.29, 1.82) is 0 Å². The number of halogens is 2. The quantitative estimate of drug-likeness (QED) is 0.723. The van der Waals surface area contributed by atoms with Gasteiger partial charge in [-0.3, -0.25) is 0 Å². The summed E-state index contributed by atoms with van der Waals surface area (Å²) in [6, 6.07) is 10.5. The van der Waals surface area contributed by atoms with Gasteiger partial charge in [-0.2, -0.15) is 4.68 Å². The second-order valence-electron chi connectivity index (χ2n) is 4.57. The highest BCUT2D eigenvalue weighted by atomic mass is 79.9. The molecule has 2 N–H and O–H groups in total. The van der Waals surface area contributed by atoms with Crippen LogP contribution in [0.1, 0.15) is 5.56 Å². The van der Waals surface area contributed by atoms with Crippen molar-refractivity contribution in [2.24, 2.45) is 0 Å². The molecule has 0 saturated heterocycles. The number of benzene rings is 2. The molecule has 0 aliphatic carbocycles. The van der Waals surface area contributed by atoms with Gasteiger partial charge < -0.3 is 5.73 Å². The van der Waals surface area contributed by atoms with Gasteiger partial charge >= 0.3 is 0 Å². The highest BCUT2D eigenvalue weighted by Crippen LogP contribution is 2.26. The van der Waals surface area contributed by atoms with Gasteiger partial charge in [-0.1, -0.05) is 22.0 Å². The molecule has 1 heterocycles. The zero-order valence-electron chi connectivity index (χ0n) is 11.1. The molecule has 0 amide bonds. The highest BCUT2D eigenvalue weighted by molar-refractivity contribution is 9.10. The number of nitrogen functional groups attached to an aromatic ring is 1. The van der Waals surface area contributed by atoms with Gasteiger partial charge in [0.2, 0.25) is 0 Å². The molecule has 2 aromatic carbocycles. The Kier molecular flexibility index (Phi) is 3.42. The molecule has 0 aliphatic heterocycles. The molecular weight excluding hydrogens is 337 g/mol. The predicted molar refractivity (Wildman–Crippen MR) is 81.4 cm³/mol. The van der Waals surface area contributed by atoms with Crippen LogP contribution in [-0.2, 0) is 0 Å².